The van der Waals surface area contributed by atoms with E-state index in [4.69, 9.17) is 0 Å². The van der Waals surface area contributed by atoms with Gasteiger partial charge in [-0.1, -0.05) is 24.3 Å². The third kappa shape index (κ3) is 2.43. The fourth-order valence-corrected chi connectivity index (χ4v) is 4.51. The Labute approximate surface area is 144 Å². The Morgan fingerprint density at radius 2 is 1.75 bits per heavy atom. The van der Waals surface area contributed by atoms with Gasteiger partial charge in [-0.3, -0.25) is 9.59 Å². The molecule has 1 aliphatic heterocycles. The molecule has 0 saturated carbocycles. The zero-order chi connectivity index (χ0) is 16.8. The van der Waals surface area contributed by atoms with Gasteiger partial charge in [0.25, 0.3) is 0 Å². The highest BCUT2D eigenvalue weighted by molar-refractivity contribution is 7.22. The molecule has 3 aromatic rings. The predicted molar refractivity (Wildman–Crippen MR) is 99.2 cm³/mol. The summed E-state index contributed by atoms with van der Waals surface area (Å²) in [5, 5.41) is 1.57. The minimum Gasteiger partial charge on any atom is -0.355 e. The van der Waals surface area contributed by atoms with Gasteiger partial charge >= 0.3 is 0 Å². The van der Waals surface area contributed by atoms with Crippen LogP contribution in [0.25, 0.3) is 10.1 Å². The van der Waals surface area contributed by atoms with Crippen LogP contribution in [0, 0.1) is 6.92 Å². The molecule has 120 valence electrons. The molecule has 0 fully saturated rings. The molecule has 24 heavy (non-hydrogen) atoms. The van der Waals surface area contributed by atoms with Gasteiger partial charge in [-0.25, -0.2) is 0 Å². The molecular weight excluding hydrogens is 318 g/mol. The minimum atomic E-state index is -0.0130. The minimum absolute atomic E-state index is 0.00112. The van der Waals surface area contributed by atoms with Crippen LogP contribution < -0.4 is 10.3 Å². The van der Waals surface area contributed by atoms with Crippen molar-refractivity contribution in [1.29, 1.82) is 0 Å². The number of Topliss-reactive ketones (excluding diaryl/α,β-unsaturated/α-hetero) is 1. The van der Waals surface area contributed by atoms with E-state index in [1.807, 2.05) is 31.2 Å². The van der Waals surface area contributed by atoms with E-state index >= 15 is 0 Å². The maximum atomic E-state index is 12.6. The summed E-state index contributed by atoms with van der Waals surface area (Å²) >= 11 is 1.54. The van der Waals surface area contributed by atoms with Crippen LogP contribution >= 0.6 is 11.3 Å². The van der Waals surface area contributed by atoms with E-state index in [1.165, 1.54) is 22.5 Å². The van der Waals surface area contributed by atoms with Crippen LogP contribution in [0.15, 0.2) is 47.3 Å². The zero-order valence-electron chi connectivity index (χ0n) is 13.6. The molecule has 0 spiro atoms. The van der Waals surface area contributed by atoms with Gasteiger partial charge in [0.1, 0.15) is 0 Å². The second-order valence-corrected chi connectivity index (χ2v) is 7.35. The van der Waals surface area contributed by atoms with Crippen LogP contribution in [-0.4, -0.2) is 5.78 Å². The Bertz CT molecular complexity index is 1010. The third-order valence-electron chi connectivity index (χ3n) is 4.49. The number of ketones is 1. The summed E-state index contributed by atoms with van der Waals surface area (Å²) in [6, 6.07) is 13.8. The molecule has 0 unspecified atom stereocenters. The van der Waals surface area contributed by atoms with Crippen molar-refractivity contribution in [2.45, 2.75) is 26.9 Å². The summed E-state index contributed by atoms with van der Waals surface area (Å²) in [6.07, 6.45) is 0. The van der Waals surface area contributed by atoms with Gasteiger partial charge in [-0.05, 0) is 42.7 Å². The number of nitrogens with zero attached hydrogens (tertiary/aromatic N) is 1. The first-order chi connectivity index (χ1) is 11.5. The van der Waals surface area contributed by atoms with E-state index in [1.54, 1.807) is 13.0 Å². The van der Waals surface area contributed by atoms with Crippen molar-refractivity contribution in [2.24, 2.45) is 0 Å². The fourth-order valence-electron chi connectivity index (χ4n) is 3.30. The zero-order valence-corrected chi connectivity index (χ0v) is 14.4. The SMILES string of the molecule is CC(=O)c1cc(C)cc2c(=O)cc(N3Cc4ccccc4C3)sc12. The summed E-state index contributed by atoms with van der Waals surface area (Å²) < 4.78 is 0.798. The number of carbonyl (C=O) groups excluding carboxylic acids is 1. The lowest BCUT2D eigenvalue weighted by atomic mass is 10.1. The van der Waals surface area contributed by atoms with Gasteiger partial charge < -0.3 is 4.90 Å². The third-order valence-corrected chi connectivity index (χ3v) is 5.72. The number of anilines is 1. The lowest BCUT2D eigenvalue weighted by Crippen LogP contribution is -2.16. The highest BCUT2D eigenvalue weighted by atomic mass is 32.1. The standard InChI is InChI=1S/C20H17NO2S/c1-12-7-16(13(2)22)20-17(8-12)18(23)9-19(24-20)21-10-14-5-3-4-6-15(14)11-21/h3-9H,10-11H2,1-2H3. The summed E-state index contributed by atoms with van der Waals surface area (Å²) in [5.41, 5.74) is 4.17. The highest BCUT2D eigenvalue weighted by Crippen LogP contribution is 2.34. The quantitative estimate of drug-likeness (QED) is 0.656. The fraction of sp³-hybridized carbons (Fsp3) is 0.200. The largest absolute Gasteiger partial charge is 0.355 e. The molecule has 0 saturated heterocycles. The topological polar surface area (TPSA) is 37.4 Å². The Morgan fingerprint density at radius 1 is 1.08 bits per heavy atom. The maximum Gasteiger partial charge on any atom is 0.190 e. The van der Waals surface area contributed by atoms with Crippen LogP contribution in [0.2, 0.25) is 0 Å². The van der Waals surface area contributed by atoms with Crippen molar-refractivity contribution >= 4 is 32.2 Å². The smallest absolute Gasteiger partial charge is 0.190 e. The molecule has 0 aliphatic carbocycles. The molecule has 4 heteroatoms. The van der Waals surface area contributed by atoms with Gasteiger partial charge in [-0.15, -0.1) is 11.3 Å². The molecule has 0 bridgehead atoms. The van der Waals surface area contributed by atoms with Crippen LogP contribution in [0.4, 0.5) is 5.00 Å². The number of aryl methyl sites for hydroxylation is 1. The van der Waals surface area contributed by atoms with Crippen molar-refractivity contribution in [2.75, 3.05) is 4.90 Å². The van der Waals surface area contributed by atoms with Crippen molar-refractivity contribution in [3.8, 4) is 0 Å². The first-order valence-electron chi connectivity index (χ1n) is 7.94. The number of fused-ring (bicyclic) bond motifs is 2. The first kappa shape index (κ1) is 15.1. The lowest BCUT2D eigenvalue weighted by molar-refractivity contribution is 0.101. The summed E-state index contributed by atoms with van der Waals surface area (Å²) in [5.74, 6) is 0.00112. The Hall–Kier alpha value is -2.46. The second-order valence-electron chi connectivity index (χ2n) is 6.32. The summed E-state index contributed by atoms with van der Waals surface area (Å²) in [4.78, 5) is 26.9. The van der Waals surface area contributed by atoms with Crippen LogP contribution in [0.1, 0.15) is 34.0 Å². The molecule has 2 heterocycles. The Balaban J connectivity index is 1.87. The molecule has 3 nitrogen and oxygen atoms in total. The first-order valence-corrected chi connectivity index (χ1v) is 8.76. The van der Waals surface area contributed by atoms with E-state index in [2.05, 4.69) is 17.0 Å². The van der Waals surface area contributed by atoms with Gasteiger partial charge in [0, 0.05) is 30.1 Å². The van der Waals surface area contributed by atoms with E-state index in [0.717, 1.165) is 28.4 Å². The number of rotatable bonds is 2. The van der Waals surface area contributed by atoms with E-state index < -0.39 is 0 Å². The monoisotopic (exact) mass is 335 g/mol. The lowest BCUT2D eigenvalue weighted by Gasteiger charge is -2.17. The molecule has 4 rings (SSSR count). The van der Waals surface area contributed by atoms with Gasteiger partial charge in [-0.2, -0.15) is 0 Å². The Morgan fingerprint density at radius 3 is 2.38 bits per heavy atom. The van der Waals surface area contributed by atoms with Crippen LogP contribution in [0.3, 0.4) is 0 Å². The molecule has 0 atom stereocenters. The number of hydrogen-bond donors (Lipinski definition) is 0. The molecule has 0 N–H and O–H groups in total. The van der Waals surface area contributed by atoms with Crippen LogP contribution in [0.5, 0.6) is 0 Å². The maximum absolute atomic E-state index is 12.6. The van der Waals surface area contributed by atoms with Crippen LogP contribution in [-0.2, 0) is 13.1 Å². The average molecular weight is 335 g/mol. The van der Waals surface area contributed by atoms with Crippen molar-refractivity contribution < 1.29 is 4.79 Å². The average Bonchev–Trinajstić information content (AvgIpc) is 2.98. The van der Waals surface area contributed by atoms with E-state index in [-0.39, 0.29) is 11.2 Å². The van der Waals surface area contributed by atoms with E-state index in [0.29, 0.717) is 10.9 Å². The molecular formula is C20H17NO2S. The molecule has 1 aliphatic rings. The normalized spacial score (nSPS) is 13.3. The van der Waals surface area contributed by atoms with Crippen molar-refractivity contribution in [1.82, 2.24) is 0 Å². The summed E-state index contributed by atoms with van der Waals surface area (Å²) in [7, 11) is 0. The van der Waals surface area contributed by atoms with Gasteiger partial charge in [0.15, 0.2) is 11.2 Å². The summed E-state index contributed by atoms with van der Waals surface area (Å²) in [6.45, 7) is 5.09. The molecule has 0 radical (unpaired) electrons. The molecule has 1 aromatic heterocycles. The predicted octanol–water partition coefficient (Wildman–Crippen LogP) is 4.29. The molecule has 0 amide bonds. The Kier molecular flexibility index (Phi) is 3.50. The number of carbonyl (C=O) groups is 1. The number of benzene rings is 2. The highest BCUT2D eigenvalue weighted by Gasteiger charge is 2.21. The van der Waals surface area contributed by atoms with Crippen molar-refractivity contribution in [3.05, 3.63) is 74.9 Å². The second kappa shape index (κ2) is 5.56. The van der Waals surface area contributed by atoms with Gasteiger partial charge in [0.05, 0.1) is 9.70 Å². The van der Waals surface area contributed by atoms with Crippen molar-refractivity contribution in [3.63, 3.8) is 0 Å². The van der Waals surface area contributed by atoms with Gasteiger partial charge in [0.2, 0.25) is 0 Å². The number of hydrogen-bond acceptors (Lipinski definition) is 4. The van der Waals surface area contributed by atoms with E-state index in [9.17, 15) is 9.59 Å². The molecule has 2 aromatic carbocycles.